The van der Waals surface area contributed by atoms with Crippen molar-refractivity contribution in [3.63, 3.8) is 0 Å². The Labute approximate surface area is 122 Å². The Balaban J connectivity index is 1.59. The summed E-state index contributed by atoms with van der Waals surface area (Å²) in [5, 5.41) is 0. The average Bonchev–Trinajstić information content (AvgIpc) is 2.48. The zero-order valence-corrected chi connectivity index (χ0v) is 12.6. The van der Waals surface area contributed by atoms with Gasteiger partial charge in [0.1, 0.15) is 5.75 Å². The molecule has 2 heteroatoms. The van der Waals surface area contributed by atoms with Crippen LogP contribution in [0.1, 0.15) is 51.0 Å². The number of hydrogen-bond acceptors (Lipinski definition) is 2. The summed E-state index contributed by atoms with van der Waals surface area (Å²) in [5.74, 6) is 0.924. The summed E-state index contributed by atoms with van der Waals surface area (Å²) in [4.78, 5) is 0. The summed E-state index contributed by atoms with van der Waals surface area (Å²) in [6, 6.07) is 8.12. The minimum Gasteiger partial charge on any atom is -0.494 e. The van der Waals surface area contributed by atoms with Crippen molar-refractivity contribution in [2.75, 3.05) is 13.2 Å². The molecule has 0 spiro atoms. The highest BCUT2D eigenvalue weighted by Gasteiger charge is 2.12. The van der Waals surface area contributed by atoms with Crippen molar-refractivity contribution in [1.82, 2.24) is 0 Å². The van der Waals surface area contributed by atoms with E-state index in [4.69, 9.17) is 9.47 Å². The van der Waals surface area contributed by atoms with Crippen LogP contribution in [0.5, 0.6) is 5.75 Å². The van der Waals surface area contributed by atoms with Crippen LogP contribution in [0, 0.1) is 0 Å². The lowest BCUT2D eigenvalue weighted by Gasteiger charge is -2.21. The van der Waals surface area contributed by atoms with Crippen LogP contribution in [0.4, 0.5) is 0 Å². The first kappa shape index (κ1) is 15.1. The lowest BCUT2D eigenvalue weighted by atomic mass is 9.98. The molecule has 110 valence electrons. The minimum absolute atomic E-state index is 0.499. The summed E-state index contributed by atoms with van der Waals surface area (Å²) in [5.41, 5.74) is 2.25. The van der Waals surface area contributed by atoms with Gasteiger partial charge in [-0.15, -0.1) is 0 Å². The fraction of sp³-hybridized carbons (Fsp3) is 0.556. The van der Waals surface area contributed by atoms with Crippen LogP contribution in [0.25, 0.3) is 5.57 Å². The molecular weight excluding hydrogens is 248 g/mol. The molecule has 0 unspecified atom stereocenters. The predicted molar refractivity (Wildman–Crippen MR) is 84.1 cm³/mol. The summed E-state index contributed by atoms with van der Waals surface area (Å²) >= 11 is 0. The molecule has 0 aromatic heterocycles. The minimum atomic E-state index is 0.499. The monoisotopic (exact) mass is 274 g/mol. The molecule has 0 heterocycles. The van der Waals surface area contributed by atoms with Crippen molar-refractivity contribution >= 4 is 5.57 Å². The quantitative estimate of drug-likeness (QED) is 0.662. The first-order chi connectivity index (χ1) is 9.75. The summed E-state index contributed by atoms with van der Waals surface area (Å²) < 4.78 is 11.6. The molecular formula is C18H26O2. The third-order valence-corrected chi connectivity index (χ3v) is 3.81. The molecule has 0 amide bonds. The smallest absolute Gasteiger partial charge is 0.119 e. The van der Waals surface area contributed by atoms with Crippen LogP contribution in [0.2, 0.25) is 0 Å². The number of rotatable bonds is 7. The Morgan fingerprint density at radius 3 is 2.45 bits per heavy atom. The molecule has 1 aliphatic rings. The number of hydrogen-bond donors (Lipinski definition) is 0. The Bertz CT molecular complexity index is 402. The van der Waals surface area contributed by atoms with Gasteiger partial charge in [-0.25, -0.2) is 0 Å². The topological polar surface area (TPSA) is 18.5 Å². The molecule has 0 bridgehead atoms. The standard InChI is InChI=1S/C18H26O2/c1-15(2)16-9-11-18(12-10-16)20-14-6-13-19-17-7-4-3-5-8-17/h9-12,17H,1,3-8,13-14H2,2H3. The van der Waals surface area contributed by atoms with Gasteiger partial charge in [-0.05, 0) is 37.5 Å². The van der Waals surface area contributed by atoms with Gasteiger partial charge in [0, 0.05) is 6.42 Å². The molecule has 1 aromatic carbocycles. The highest BCUT2D eigenvalue weighted by atomic mass is 16.5. The number of allylic oxidation sites excluding steroid dienone is 1. The van der Waals surface area contributed by atoms with E-state index in [-0.39, 0.29) is 0 Å². The van der Waals surface area contributed by atoms with E-state index >= 15 is 0 Å². The third kappa shape index (κ3) is 5.01. The molecule has 2 rings (SSSR count). The molecule has 1 fully saturated rings. The maximum absolute atomic E-state index is 5.88. The van der Waals surface area contributed by atoms with Crippen LogP contribution in [0.15, 0.2) is 30.8 Å². The second-order valence-electron chi connectivity index (χ2n) is 5.64. The normalized spacial score (nSPS) is 16.1. The molecule has 0 N–H and O–H groups in total. The molecule has 1 aromatic rings. The molecule has 1 saturated carbocycles. The second-order valence-corrected chi connectivity index (χ2v) is 5.64. The van der Waals surface area contributed by atoms with Crippen molar-refractivity contribution in [3.8, 4) is 5.75 Å². The van der Waals surface area contributed by atoms with E-state index in [0.29, 0.717) is 6.10 Å². The van der Waals surface area contributed by atoms with Gasteiger partial charge < -0.3 is 9.47 Å². The zero-order valence-electron chi connectivity index (χ0n) is 12.6. The Hall–Kier alpha value is -1.28. The Morgan fingerprint density at radius 1 is 1.10 bits per heavy atom. The van der Waals surface area contributed by atoms with E-state index in [1.165, 1.54) is 32.1 Å². The largest absolute Gasteiger partial charge is 0.494 e. The van der Waals surface area contributed by atoms with Gasteiger partial charge in [0.2, 0.25) is 0 Å². The van der Waals surface area contributed by atoms with E-state index in [9.17, 15) is 0 Å². The van der Waals surface area contributed by atoms with Crippen LogP contribution >= 0.6 is 0 Å². The zero-order chi connectivity index (χ0) is 14.2. The average molecular weight is 274 g/mol. The summed E-state index contributed by atoms with van der Waals surface area (Å²) in [7, 11) is 0. The van der Waals surface area contributed by atoms with Gasteiger partial charge in [-0.2, -0.15) is 0 Å². The van der Waals surface area contributed by atoms with E-state index in [1.807, 2.05) is 19.1 Å². The molecule has 0 atom stereocenters. The molecule has 1 aliphatic carbocycles. The van der Waals surface area contributed by atoms with E-state index in [0.717, 1.165) is 36.5 Å². The first-order valence-electron chi connectivity index (χ1n) is 7.76. The molecule has 0 aliphatic heterocycles. The lowest BCUT2D eigenvalue weighted by molar-refractivity contribution is 0.0226. The third-order valence-electron chi connectivity index (χ3n) is 3.81. The highest BCUT2D eigenvalue weighted by Crippen LogP contribution is 2.20. The van der Waals surface area contributed by atoms with Crippen molar-refractivity contribution in [1.29, 1.82) is 0 Å². The van der Waals surface area contributed by atoms with Crippen molar-refractivity contribution in [3.05, 3.63) is 36.4 Å². The fourth-order valence-corrected chi connectivity index (χ4v) is 2.57. The van der Waals surface area contributed by atoms with Crippen LogP contribution in [-0.4, -0.2) is 19.3 Å². The first-order valence-corrected chi connectivity index (χ1v) is 7.76. The number of ether oxygens (including phenoxy) is 2. The summed E-state index contributed by atoms with van der Waals surface area (Å²) in [6.07, 6.45) is 7.97. The predicted octanol–water partition coefficient (Wildman–Crippen LogP) is 4.84. The van der Waals surface area contributed by atoms with Gasteiger partial charge in [0.15, 0.2) is 0 Å². The highest BCUT2D eigenvalue weighted by molar-refractivity contribution is 5.61. The maximum atomic E-state index is 5.88. The SMILES string of the molecule is C=C(C)c1ccc(OCCCOC2CCCCC2)cc1. The van der Waals surface area contributed by atoms with E-state index in [1.54, 1.807) is 0 Å². The molecule has 0 radical (unpaired) electrons. The molecule has 20 heavy (non-hydrogen) atoms. The Morgan fingerprint density at radius 2 is 1.80 bits per heavy atom. The molecule has 2 nitrogen and oxygen atoms in total. The van der Waals surface area contributed by atoms with Gasteiger partial charge in [-0.3, -0.25) is 0 Å². The second kappa shape index (κ2) is 8.11. The van der Waals surface area contributed by atoms with Gasteiger partial charge in [0.05, 0.1) is 19.3 Å². The lowest BCUT2D eigenvalue weighted by Crippen LogP contribution is -2.18. The van der Waals surface area contributed by atoms with E-state index in [2.05, 4.69) is 18.7 Å². The van der Waals surface area contributed by atoms with Gasteiger partial charge in [-0.1, -0.05) is 43.5 Å². The fourth-order valence-electron chi connectivity index (χ4n) is 2.57. The maximum Gasteiger partial charge on any atom is 0.119 e. The Kier molecular flexibility index (Phi) is 6.13. The van der Waals surface area contributed by atoms with Crippen LogP contribution < -0.4 is 4.74 Å². The van der Waals surface area contributed by atoms with Crippen LogP contribution in [0.3, 0.4) is 0 Å². The van der Waals surface area contributed by atoms with Gasteiger partial charge in [0.25, 0.3) is 0 Å². The van der Waals surface area contributed by atoms with Crippen molar-refractivity contribution in [2.24, 2.45) is 0 Å². The van der Waals surface area contributed by atoms with Gasteiger partial charge >= 0.3 is 0 Å². The van der Waals surface area contributed by atoms with Crippen molar-refractivity contribution in [2.45, 2.75) is 51.6 Å². The number of benzene rings is 1. The summed E-state index contributed by atoms with van der Waals surface area (Å²) in [6.45, 7) is 7.48. The molecule has 0 saturated heterocycles. The van der Waals surface area contributed by atoms with E-state index < -0.39 is 0 Å². The van der Waals surface area contributed by atoms with Crippen molar-refractivity contribution < 1.29 is 9.47 Å². The van der Waals surface area contributed by atoms with Crippen LogP contribution in [-0.2, 0) is 4.74 Å².